The van der Waals surface area contributed by atoms with Gasteiger partial charge in [-0.3, -0.25) is 0 Å². The van der Waals surface area contributed by atoms with Gasteiger partial charge in [0.1, 0.15) is 18.9 Å². The standard InChI is InChI=1S/C17H28ClNO.ClH/c1-3-5-6-9-16-10-7-8-11-17(16)20-15-14-19(4-2)13-12-18;/h7-8,10-11H,3-6,9,12-15H2,1-2H3;1H. The number of nitrogens with one attached hydrogen (secondary N) is 1. The molecule has 0 spiro atoms. The Morgan fingerprint density at radius 2 is 1.86 bits per heavy atom. The molecule has 0 radical (unpaired) electrons. The summed E-state index contributed by atoms with van der Waals surface area (Å²) in [5.74, 6) is 1.78. The molecule has 1 aromatic carbocycles. The molecule has 0 saturated heterocycles. The summed E-state index contributed by atoms with van der Waals surface area (Å²) in [4.78, 5) is 1.50. The Morgan fingerprint density at radius 3 is 2.52 bits per heavy atom. The molecule has 1 atom stereocenters. The maximum absolute atomic E-state index is 5.98. The monoisotopic (exact) mass is 333 g/mol. The van der Waals surface area contributed by atoms with Crippen LogP contribution in [-0.4, -0.2) is 32.1 Å². The number of alkyl halides is 1. The van der Waals surface area contributed by atoms with Gasteiger partial charge in [-0.15, -0.1) is 11.6 Å². The first-order chi connectivity index (χ1) is 9.81. The fourth-order valence-corrected chi connectivity index (χ4v) is 2.60. The Bertz CT molecular complexity index is 360. The number of ether oxygens (including phenoxy) is 1. The van der Waals surface area contributed by atoms with E-state index in [1.165, 1.54) is 29.7 Å². The minimum atomic E-state index is 0. The molecule has 0 aromatic heterocycles. The molecule has 1 unspecified atom stereocenters. The fraction of sp³-hybridized carbons (Fsp3) is 0.647. The van der Waals surface area contributed by atoms with E-state index in [-0.39, 0.29) is 12.4 Å². The smallest absolute Gasteiger partial charge is 0.137 e. The van der Waals surface area contributed by atoms with Gasteiger partial charge in [0.15, 0.2) is 0 Å². The second-order valence-corrected chi connectivity index (χ2v) is 5.58. The number of hydrogen-bond donors (Lipinski definition) is 1. The summed E-state index contributed by atoms with van der Waals surface area (Å²) in [6.45, 7) is 8.34. The molecule has 122 valence electrons. The minimum absolute atomic E-state index is 0. The van der Waals surface area contributed by atoms with Gasteiger partial charge < -0.3 is 22.0 Å². The van der Waals surface area contributed by atoms with Crippen LogP contribution in [-0.2, 0) is 6.42 Å². The van der Waals surface area contributed by atoms with Crippen LogP contribution in [0.25, 0.3) is 0 Å². The highest BCUT2D eigenvalue weighted by molar-refractivity contribution is 6.17. The number of quaternary nitrogens is 1. The molecular formula is C17H29Cl2NO. The van der Waals surface area contributed by atoms with Crippen LogP contribution in [0.1, 0.15) is 38.7 Å². The number of para-hydroxylation sites is 1. The van der Waals surface area contributed by atoms with Crippen molar-refractivity contribution < 1.29 is 22.0 Å². The molecule has 0 fully saturated rings. The van der Waals surface area contributed by atoms with Gasteiger partial charge in [0.25, 0.3) is 0 Å². The van der Waals surface area contributed by atoms with E-state index < -0.39 is 0 Å². The number of benzene rings is 1. The van der Waals surface area contributed by atoms with E-state index >= 15 is 0 Å². The van der Waals surface area contributed by atoms with Crippen LogP contribution in [0.2, 0.25) is 0 Å². The lowest BCUT2D eigenvalue weighted by Crippen LogP contribution is -3.12. The predicted molar refractivity (Wildman–Crippen MR) is 87.1 cm³/mol. The van der Waals surface area contributed by atoms with Crippen LogP contribution in [0.3, 0.4) is 0 Å². The predicted octanol–water partition coefficient (Wildman–Crippen LogP) is -0.0543. The summed E-state index contributed by atoms with van der Waals surface area (Å²) in [5.41, 5.74) is 1.34. The van der Waals surface area contributed by atoms with Crippen LogP contribution in [0.4, 0.5) is 0 Å². The molecule has 0 aliphatic heterocycles. The van der Waals surface area contributed by atoms with E-state index in [1.54, 1.807) is 0 Å². The van der Waals surface area contributed by atoms with Crippen LogP contribution < -0.4 is 22.0 Å². The second kappa shape index (κ2) is 13.2. The number of unbranched alkanes of at least 4 members (excludes halogenated alkanes) is 2. The average molecular weight is 334 g/mol. The minimum Gasteiger partial charge on any atom is -1.00 e. The molecule has 0 bridgehead atoms. The molecule has 21 heavy (non-hydrogen) atoms. The van der Waals surface area contributed by atoms with Crippen molar-refractivity contribution in [2.75, 3.05) is 32.1 Å². The first kappa shape index (κ1) is 20.6. The maximum atomic E-state index is 5.98. The van der Waals surface area contributed by atoms with Crippen LogP contribution >= 0.6 is 11.6 Å². The van der Waals surface area contributed by atoms with E-state index in [9.17, 15) is 0 Å². The van der Waals surface area contributed by atoms with E-state index in [2.05, 4.69) is 38.1 Å². The van der Waals surface area contributed by atoms with E-state index in [0.29, 0.717) is 0 Å². The van der Waals surface area contributed by atoms with Gasteiger partial charge in [-0.2, -0.15) is 0 Å². The third kappa shape index (κ3) is 8.55. The van der Waals surface area contributed by atoms with Crippen molar-refractivity contribution in [3.8, 4) is 5.75 Å². The van der Waals surface area contributed by atoms with Crippen molar-refractivity contribution in [2.45, 2.75) is 39.5 Å². The van der Waals surface area contributed by atoms with Gasteiger partial charge >= 0.3 is 0 Å². The summed E-state index contributed by atoms with van der Waals surface area (Å²) in [5, 5.41) is 0. The maximum Gasteiger partial charge on any atom is 0.137 e. The van der Waals surface area contributed by atoms with Crippen molar-refractivity contribution in [3.05, 3.63) is 29.8 Å². The Balaban J connectivity index is 0.00000400. The zero-order chi connectivity index (χ0) is 14.6. The van der Waals surface area contributed by atoms with Gasteiger partial charge in [0, 0.05) is 0 Å². The third-order valence-corrected chi connectivity index (χ3v) is 3.87. The second-order valence-electron chi connectivity index (χ2n) is 5.21. The molecule has 0 saturated carbocycles. The Kier molecular flexibility index (Phi) is 13.0. The number of aryl methyl sites for hydroxylation is 1. The number of hydrogen-bond acceptors (Lipinski definition) is 1. The molecule has 0 aliphatic carbocycles. The normalized spacial score (nSPS) is 11.8. The average Bonchev–Trinajstić information content (AvgIpc) is 2.48. The third-order valence-electron chi connectivity index (χ3n) is 3.68. The lowest BCUT2D eigenvalue weighted by molar-refractivity contribution is -0.895. The molecule has 4 heteroatoms. The van der Waals surface area contributed by atoms with E-state index in [0.717, 1.165) is 44.3 Å². The highest BCUT2D eigenvalue weighted by atomic mass is 35.5. The number of likely N-dealkylation sites (N-methyl/N-ethyl adjacent to an activating group) is 1. The topological polar surface area (TPSA) is 13.7 Å². The first-order valence-electron chi connectivity index (χ1n) is 7.92. The summed E-state index contributed by atoms with van der Waals surface area (Å²) in [6, 6.07) is 8.44. The summed E-state index contributed by atoms with van der Waals surface area (Å²) in [6.07, 6.45) is 4.92. The zero-order valence-electron chi connectivity index (χ0n) is 13.3. The molecule has 0 aliphatic rings. The molecule has 1 rings (SSSR count). The summed E-state index contributed by atoms with van der Waals surface area (Å²) >= 11 is 5.81. The van der Waals surface area contributed by atoms with Gasteiger partial charge in [-0.1, -0.05) is 38.0 Å². The van der Waals surface area contributed by atoms with Gasteiger partial charge in [-0.05, 0) is 31.4 Å². The molecule has 2 nitrogen and oxygen atoms in total. The first-order valence-corrected chi connectivity index (χ1v) is 8.45. The van der Waals surface area contributed by atoms with Crippen molar-refractivity contribution >= 4 is 11.6 Å². The fourth-order valence-electron chi connectivity index (χ4n) is 2.33. The van der Waals surface area contributed by atoms with Crippen molar-refractivity contribution in [1.82, 2.24) is 0 Å². The Labute approximate surface area is 141 Å². The lowest BCUT2D eigenvalue weighted by atomic mass is 10.1. The molecule has 0 heterocycles. The van der Waals surface area contributed by atoms with Crippen molar-refractivity contribution in [3.63, 3.8) is 0 Å². The van der Waals surface area contributed by atoms with E-state index in [4.69, 9.17) is 16.3 Å². The van der Waals surface area contributed by atoms with Gasteiger partial charge in [-0.25, -0.2) is 0 Å². The van der Waals surface area contributed by atoms with Crippen molar-refractivity contribution in [1.29, 1.82) is 0 Å². The Hall–Kier alpha value is -0.440. The molecule has 1 N–H and O–H groups in total. The molecule has 1 aromatic rings. The van der Waals surface area contributed by atoms with Crippen LogP contribution in [0.15, 0.2) is 24.3 Å². The van der Waals surface area contributed by atoms with Gasteiger partial charge in [0.2, 0.25) is 0 Å². The molecular weight excluding hydrogens is 305 g/mol. The summed E-state index contributed by atoms with van der Waals surface area (Å²) < 4.78 is 5.98. The number of rotatable bonds is 11. The SMILES string of the molecule is CCCCCc1ccccc1OCC[NH+](CC)CCCl.[Cl-]. The van der Waals surface area contributed by atoms with Crippen LogP contribution in [0, 0.1) is 0 Å². The lowest BCUT2D eigenvalue weighted by Gasteiger charge is -2.17. The zero-order valence-corrected chi connectivity index (χ0v) is 14.8. The van der Waals surface area contributed by atoms with Crippen molar-refractivity contribution in [2.24, 2.45) is 0 Å². The van der Waals surface area contributed by atoms with E-state index in [1.807, 2.05) is 0 Å². The van der Waals surface area contributed by atoms with Gasteiger partial charge in [0.05, 0.1) is 19.0 Å². The molecule has 0 amide bonds. The summed E-state index contributed by atoms with van der Waals surface area (Å²) in [7, 11) is 0. The Morgan fingerprint density at radius 1 is 1.10 bits per heavy atom. The van der Waals surface area contributed by atoms with Crippen LogP contribution in [0.5, 0.6) is 5.75 Å². The quantitative estimate of drug-likeness (QED) is 0.442. The largest absolute Gasteiger partial charge is 1.00 e. The highest BCUT2D eigenvalue weighted by Gasteiger charge is 2.07. The highest BCUT2D eigenvalue weighted by Crippen LogP contribution is 2.20. The number of halogens is 2.